The van der Waals surface area contributed by atoms with Crippen molar-refractivity contribution >= 4 is 0 Å². The van der Waals surface area contributed by atoms with Crippen LogP contribution in [0.2, 0.25) is 0 Å². The van der Waals surface area contributed by atoms with E-state index in [1.165, 1.54) is 5.57 Å². The molecule has 0 aliphatic rings. The molecular weight excluding hydrogens is 405 g/mol. The lowest BCUT2D eigenvalue weighted by Crippen LogP contribution is -2.21. The monoisotopic (exact) mass is 460 g/mol. The summed E-state index contributed by atoms with van der Waals surface area (Å²) in [4.78, 5) is 0. The lowest BCUT2D eigenvalue weighted by atomic mass is 9.73. The molecule has 0 heterocycles. The summed E-state index contributed by atoms with van der Waals surface area (Å²) in [5.74, 6) is -0.0694. The van der Waals surface area contributed by atoms with Crippen molar-refractivity contribution in [1.29, 1.82) is 0 Å². The van der Waals surface area contributed by atoms with E-state index in [2.05, 4.69) is 48.1 Å². The van der Waals surface area contributed by atoms with Crippen LogP contribution in [0, 0.1) is 33.0 Å². The van der Waals surface area contributed by atoms with Crippen LogP contribution in [0.1, 0.15) is 118 Å². The van der Waals surface area contributed by atoms with E-state index in [9.17, 15) is 13.2 Å². The SMILES string of the molecule is C=C(C(C)(C)C)C(C)(C)C.CC(C)(C)C(=CF)C(C)(C)C.CC(C)C(=C(F)F)C(C)(C)C. The van der Waals surface area contributed by atoms with Gasteiger partial charge in [-0.15, -0.1) is 0 Å². The molecule has 0 radical (unpaired) electrons. The van der Waals surface area contributed by atoms with Gasteiger partial charge in [0.15, 0.2) is 0 Å². The molecule has 0 amide bonds. The summed E-state index contributed by atoms with van der Waals surface area (Å²) < 4.78 is 37.1. The second-order valence-electron chi connectivity index (χ2n) is 14.1. The van der Waals surface area contributed by atoms with Crippen molar-refractivity contribution in [2.24, 2.45) is 33.0 Å². The molecule has 192 valence electrons. The van der Waals surface area contributed by atoms with Gasteiger partial charge in [0, 0.05) is 5.57 Å². The van der Waals surface area contributed by atoms with Gasteiger partial charge >= 0.3 is 0 Å². The normalized spacial score (nSPS) is 12.8. The number of hydrogen-bond donors (Lipinski definition) is 0. The van der Waals surface area contributed by atoms with Crippen molar-refractivity contribution in [3.8, 4) is 0 Å². The predicted octanol–water partition coefficient (Wildman–Crippen LogP) is 11.4. The van der Waals surface area contributed by atoms with Crippen LogP contribution in [0.3, 0.4) is 0 Å². The zero-order valence-electron chi connectivity index (χ0n) is 24.5. The van der Waals surface area contributed by atoms with E-state index in [1.807, 2.05) is 62.3 Å². The molecule has 32 heavy (non-hydrogen) atoms. The highest BCUT2D eigenvalue weighted by Gasteiger charge is 2.28. The zero-order valence-corrected chi connectivity index (χ0v) is 24.5. The molecule has 0 aliphatic heterocycles. The van der Waals surface area contributed by atoms with Crippen molar-refractivity contribution in [1.82, 2.24) is 0 Å². The third-order valence-electron chi connectivity index (χ3n) is 5.12. The van der Waals surface area contributed by atoms with Crippen molar-refractivity contribution in [2.45, 2.75) is 118 Å². The van der Waals surface area contributed by atoms with Gasteiger partial charge in [0.1, 0.15) is 0 Å². The first-order chi connectivity index (χ1) is 13.6. The summed E-state index contributed by atoms with van der Waals surface area (Å²) in [6.07, 6.45) is -0.771. The smallest absolute Gasteiger partial charge is 0.216 e. The first-order valence-electron chi connectivity index (χ1n) is 11.7. The third kappa shape index (κ3) is 15.0. The van der Waals surface area contributed by atoms with Gasteiger partial charge in [0.2, 0.25) is 0 Å². The summed E-state index contributed by atoms with van der Waals surface area (Å²) in [7, 11) is 0. The molecule has 0 rings (SSSR count). The van der Waals surface area contributed by atoms with E-state index in [-0.39, 0.29) is 33.2 Å². The lowest BCUT2D eigenvalue weighted by Gasteiger charge is -2.32. The molecule has 0 aromatic carbocycles. The lowest BCUT2D eigenvalue weighted by molar-refractivity contribution is 0.343. The Labute approximate surface area is 199 Å². The number of allylic oxidation sites excluding steroid dienone is 3. The van der Waals surface area contributed by atoms with E-state index in [0.717, 1.165) is 11.9 Å². The summed E-state index contributed by atoms with van der Waals surface area (Å²) in [6.45, 7) is 38.5. The minimum Gasteiger partial charge on any atom is -0.216 e. The van der Waals surface area contributed by atoms with Crippen LogP contribution < -0.4 is 0 Å². The molecule has 0 spiro atoms. The van der Waals surface area contributed by atoms with Gasteiger partial charge in [-0.1, -0.05) is 130 Å². The molecule has 0 bridgehead atoms. The number of rotatable bonds is 1. The molecule has 0 fully saturated rings. The highest BCUT2D eigenvalue weighted by Crippen LogP contribution is 2.39. The fraction of sp³-hybridized carbons (Fsp3) is 0.793. The third-order valence-corrected chi connectivity index (χ3v) is 5.12. The van der Waals surface area contributed by atoms with Crippen molar-refractivity contribution in [3.05, 3.63) is 35.7 Å². The van der Waals surface area contributed by atoms with E-state index in [0.29, 0.717) is 0 Å². The van der Waals surface area contributed by atoms with Gasteiger partial charge in [0.25, 0.3) is 6.08 Å². The average Bonchev–Trinajstić information content (AvgIpc) is 2.40. The van der Waals surface area contributed by atoms with E-state index in [4.69, 9.17) is 0 Å². The molecular formula is C29H55F3. The largest absolute Gasteiger partial charge is 0.270 e. The maximum absolute atomic E-state index is 12.5. The summed E-state index contributed by atoms with van der Waals surface area (Å²) >= 11 is 0. The van der Waals surface area contributed by atoms with E-state index in [1.54, 1.807) is 13.8 Å². The number of halogens is 3. The molecule has 0 saturated carbocycles. The van der Waals surface area contributed by atoms with E-state index >= 15 is 0 Å². The molecule has 0 atom stereocenters. The Bertz CT molecular complexity index is 590. The quantitative estimate of drug-likeness (QED) is 0.341. The fourth-order valence-electron chi connectivity index (χ4n) is 3.95. The van der Waals surface area contributed by atoms with Gasteiger partial charge in [0.05, 0.1) is 6.33 Å². The Morgan fingerprint density at radius 2 is 0.875 bits per heavy atom. The molecule has 0 aromatic heterocycles. The maximum atomic E-state index is 12.5. The van der Waals surface area contributed by atoms with Crippen LogP contribution in [-0.2, 0) is 0 Å². The van der Waals surface area contributed by atoms with Gasteiger partial charge in [-0.3, -0.25) is 0 Å². The van der Waals surface area contributed by atoms with Crippen LogP contribution in [0.4, 0.5) is 13.2 Å². The van der Waals surface area contributed by atoms with Crippen molar-refractivity contribution in [2.75, 3.05) is 0 Å². The fourth-order valence-corrected chi connectivity index (χ4v) is 3.95. The van der Waals surface area contributed by atoms with Gasteiger partial charge in [-0.2, -0.15) is 8.78 Å². The van der Waals surface area contributed by atoms with Gasteiger partial charge in [-0.05, 0) is 38.6 Å². The first kappa shape index (κ1) is 35.6. The Balaban J connectivity index is -0.000000395. The van der Waals surface area contributed by atoms with Crippen LogP contribution in [0.5, 0.6) is 0 Å². The minimum atomic E-state index is -1.52. The first-order valence-corrected chi connectivity index (χ1v) is 11.7. The average molecular weight is 461 g/mol. The molecule has 0 nitrogen and oxygen atoms in total. The molecule has 3 heteroatoms. The second kappa shape index (κ2) is 12.5. The summed E-state index contributed by atoms with van der Waals surface area (Å²) in [6, 6.07) is 0. The molecule has 0 saturated heterocycles. The minimum absolute atomic E-state index is 0.0625. The Kier molecular flexibility index (Phi) is 13.9. The Morgan fingerprint density at radius 3 is 0.875 bits per heavy atom. The molecule has 0 N–H and O–H groups in total. The predicted molar refractivity (Wildman–Crippen MR) is 140 cm³/mol. The van der Waals surface area contributed by atoms with Crippen LogP contribution in [0.15, 0.2) is 35.7 Å². The van der Waals surface area contributed by atoms with Crippen molar-refractivity contribution < 1.29 is 13.2 Å². The zero-order chi connectivity index (χ0) is 27.1. The maximum Gasteiger partial charge on any atom is 0.270 e. The highest BCUT2D eigenvalue weighted by molar-refractivity contribution is 5.15. The second-order valence-corrected chi connectivity index (χ2v) is 14.1. The van der Waals surface area contributed by atoms with Gasteiger partial charge < -0.3 is 0 Å². The number of hydrogen-bond acceptors (Lipinski definition) is 0. The topological polar surface area (TPSA) is 0 Å². The van der Waals surface area contributed by atoms with Gasteiger partial charge in [-0.25, -0.2) is 4.39 Å². The molecule has 0 aliphatic carbocycles. The van der Waals surface area contributed by atoms with E-state index < -0.39 is 11.5 Å². The molecule has 0 aromatic rings. The summed E-state index contributed by atoms with van der Waals surface area (Å²) in [5, 5.41) is 0. The van der Waals surface area contributed by atoms with Crippen LogP contribution in [-0.4, -0.2) is 0 Å². The Morgan fingerprint density at radius 1 is 0.594 bits per heavy atom. The Hall–Kier alpha value is -0.990. The standard InChI is InChI=1S/C10H19F.C10H20.C9H16F2/c1-9(2,3)8(7-11)10(4,5)6;1-8(9(2,3)4)10(5,6)7;1-6(2)7(8(10)11)9(3,4)5/h7H,1-6H3;1H2,2-7H3;6H,1-5H3. The van der Waals surface area contributed by atoms with Crippen LogP contribution in [0.25, 0.3) is 0 Å². The molecule has 0 unspecified atom stereocenters. The highest BCUT2D eigenvalue weighted by atomic mass is 19.3. The van der Waals surface area contributed by atoms with Crippen LogP contribution >= 0.6 is 0 Å². The van der Waals surface area contributed by atoms with Crippen molar-refractivity contribution in [3.63, 3.8) is 0 Å². The summed E-state index contributed by atoms with van der Waals surface area (Å²) in [5.41, 5.74) is 2.41.